The summed E-state index contributed by atoms with van der Waals surface area (Å²) in [5.74, 6) is 0. The SMILES string of the molecule is CCCCCCCCCCCCCCN(CCCCCCN)CCCCCCCCCCCCCC. The third-order valence-electron chi connectivity index (χ3n) is 8.08. The van der Waals surface area contributed by atoms with E-state index >= 15 is 0 Å². The van der Waals surface area contributed by atoms with Crippen LogP contribution >= 0.6 is 0 Å². The summed E-state index contributed by atoms with van der Waals surface area (Å²) in [6.45, 7) is 9.48. The van der Waals surface area contributed by atoms with Crippen molar-refractivity contribution in [1.82, 2.24) is 4.90 Å². The summed E-state index contributed by atoms with van der Waals surface area (Å²) < 4.78 is 0. The second-order valence-corrected chi connectivity index (χ2v) is 11.8. The summed E-state index contributed by atoms with van der Waals surface area (Å²) >= 11 is 0. The van der Waals surface area contributed by atoms with Gasteiger partial charge in [0.1, 0.15) is 0 Å². The number of hydrogen-bond donors (Lipinski definition) is 1. The van der Waals surface area contributed by atoms with Crippen LogP contribution in [0.2, 0.25) is 0 Å². The molecule has 0 spiro atoms. The van der Waals surface area contributed by atoms with Crippen LogP contribution in [0.1, 0.15) is 194 Å². The Balaban J connectivity index is 3.72. The molecule has 0 atom stereocenters. The molecule has 36 heavy (non-hydrogen) atoms. The fourth-order valence-corrected chi connectivity index (χ4v) is 5.52. The van der Waals surface area contributed by atoms with Crippen LogP contribution in [0, 0.1) is 0 Å². The lowest BCUT2D eigenvalue weighted by atomic mass is 10.0. The summed E-state index contributed by atoms with van der Waals surface area (Å²) in [6.07, 6.45) is 40.0. The topological polar surface area (TPSA) is 29.3 Å². The Labute approximate surface area is 230 Å². The minimum Gasteiger partial charge on any atom is -0.330 e. The summed E-state index contributed by atoms with van der Waals surface area (Å²) in [5, 5.41) is 0. The van der Waals surface area contributed by atoms with E-state index in [9.17, 15) is 0 Å². The van der Waals surface area contributed by atoms with E-state index in [0.717, 1.165) is 6.54 Å². The third kappa shape index (κ3) is 30.1. The quantitative estimate of drug-likeness (QED) is 0.0915. The van der Waals surface area contributed by atoms with Gasteiger partial charge in [-0.25, -0.2) is 0 Å². The molecule has 0 amide bonds. The van der Waals surface area contributed by atoms with Crippen molar-refractivity contribution in [3.05, 3.63) is 0 Å². The molecule has 0 rings (SSSR count). The molecule has 0 saturated heterocycles. The fraction of sp³-hybridized carbons (Fsp3) is 1.00. The molecule has 0 heterocycles. The molecule has 2 heteroatoms. The Hall–Kier alpha value is -0.0800. The van der Waals surface area contributed by atoms with E-state index in [4.69, 9.17) is 5.73 Å². The molecule has 2 N–H and O–H groups in total. The van der Waals surface area contributed by atoms with Crippen LogP contribution in [-0.4, -0.2) is 31.1 Å². The summed E-state index contributed by atoms with van der Waals surface area (Å²) in [7, 11) is 0. The molecule has 0 aromatic heterocycles. The smallest absolute Gasteiger partial charge is 0.00187 e. The molecule has 0 aliphatic carbocycles. The van der Waals surface area contributed by atoms with Crippen molar-refractivity contribution in [2.45, 2.75) is 194 Å². The summed E-state index contributed by atoms with van der Waals surface area (Å²) in [6, 6.07) is 0. The van der Waals surface area contributed by atoms with Crippen LogP contribution in [0.5, 0.6) is 0 Å². The van der Waals surface area contributed by atoms with Gasteiger partial charge in [-0.05, 0) is 51.9 Å². The number of hydrogen-bond acceptors (Lipinski definition) is 2. The average Bonchev–Trinajstić information content (AvgIpc) is 2.89. The van der Waals surface area contributed by atoms with E-state index in [-0.39, 0.29) is 0 Å². The molecule has 0 unspecified atom stereocenters. The van der Waals surface area contributed by atoms with Crippen molar-refractivity contribution in [3.63, 3.8) is 0 Å². The lowest BCUT2D eigenvalue weighted by Gasteiger charge is -2.22. The Bertz CT molecular complexity index is 342. The molecular weight excluding hydrogens is 436 g/mol. The van der Waals surface area contributed by atoms with Crippen molar-refractivity contribution in [3.8, 4) is 0 Å². The van der Waals surface area contributed by atoms with Gasteiger partial charge in [-0.1, -0.05) is 168 Å². The van der Waals surface area contributed by atoms with Crippen molar-refractivity contribution < 1.29 is 0 Å². The first-order valence-corrected chi connectivity index (χ1v) is 17.3. The second-order valence-electron chi connectivity index (χ2n) is 11.8. The minimum absolute atomic E-state index is 0.863. The fourth-order valence-electron chi connectivity index (χ4n) is 5.52. The van der Waals surface area contributed by atoms with Crippen LogP contribution < -0.4 is 5.73 Å². The van der Waals surface area contributed by atoms with Crippen molar-refractivity contribution in [2.75, 3.05) is 26.2 Å². The van der Waals surface area contributed by atoms with Crippen LogP contribution in [0.4, 0.5) is 0 Å². The van der Waals surface area contributed by atoms with Gasteiger partial charge in [-0.2, -0.15) is 0 Å². The summed E-state index contributed by atoms with van der Waals surface area (Å²) in [5.41, 5.74) is 5.67. The first-order chi connectivity index (χ1) is 17.8. The predicted octanol–water partition coefficient (Wildman–Crippen LogP) is 11.2. The Morgan fingerprint density at radius 3 is 0.778 bits per heavy atom. The van der Waals surface area contributed by atoms with E-state index in [0.29, 0.717) is 0 Å². The van der Waals surface area contributed by atoms with E-state index in [1.54, 1.807) is 0 Å². The van der Waals surface area contributed by atoms with Gasteiger partial charge in [0.05, 0.1) is 0 Å². The normalized spacial score (nSPS) is 11.7. The van der Waals surface area contributed by atoms with Crippen molar-refractivity contribution in [2.24, 2.45) is 5.73 Å². The maximum Gasteiger partial charge on any atom is -0.00187 e. The van der Waals surface area contributed by atoms with Crippen LogP contribution in [-0.2, 0) is 0 Å². The molecule has 0 aliphatic rings. The van der Waals surface area contributed by atoms with E-state index in [1.807, 2.05) is 0 Å². The molecule has 0 saturated carbocycles. The number of nitrogens with zero attached hydrogens (tertiary/aromatic N) is 1. The van der Waals surface area contributed by atoms with Crippen LogP contribution in [0.15, 0.2) is 0 Å². The molecule has 0 radical (unpaired) electrons. The van der Waals surface area contributed by atoms with Crippen LogP contribution in [0.25, 0.3) is 0 Å². The summed E-state index contributed by atoms with van der Waals surface area (Å²) in [4.78, 5) is 2.80. The molecule has 2 nitrogen and oxygen atoms in total. The number of nitrogens with two attached hydrogens (primary N) is 1. The average molecular weight is 509 g/mol. The first-order valence-electron chi connectivity index (χ1n) is 17.3. The highest BCUT2D eigenvalue weighted by atomic mass is 15.1. The Kier molecular flexibility index (Phi) is 32.9. The van der Waals surface area contributed by atoms with Gasteiger partial charge >= 0.3 is 0 Å². The maximum absolute atomic E-state index is 5.67. The van der Waals surface area contributed by atoms with E-state index in [2.05, 4.69) is 18.7 Å². The lowest BCUT2D eigenvalue weighted by Crippen LogP contribution is -2.27. The van der Waals surface area contributed by atoms with Crippen molar-refractivity contribution in [1.29, 1.82) is 0 Å². The zero-order valence-electron chi connectivity index (χ0n) is 25.7. The monoisotopic (exact) mass is 509 g/mol. The highest BCUT2D eigenvalue weighted by Gasteiger charge is 2.05. The maximum atomic E-state index is 5.67. The van der Waals surface area contributed by atoms with Gasteiger partial charge in [0.2, 0.25) is 0 Å². The number of rotatable bonds is 32. The zero-order valence-corrected chi connectivity index (χ0v) is 25.7. The van der Waals surface area contributed by atoms with E-state index in [1.165, 1.54) is 199 Å². The molecule has 218 valence electrons. The van der Waals surface area contributed by atoms with Crippen molar-refractivity contribution >= 4 is 0 Å². The minimum atomic E-state index is 0.863. The van der Waals surface area contributed by atoms with Gasteiger partial charge in [-0.15, -0.1) is 0 Å². The molecule has 0 aliphatic heterocycles. The molecule has 0 aromatic carbocycles. The van der Waals surface area contributed by atoms with Gasteiger partial charge in [0, 0.05) is 0 Å². The third-order valence-corrected chi connectivity index (χ3v) is 8.08. The van der Waals surface area contributed by atoms with Gasteiger partial charge in [0.25, 0.3) is 0 Å². The van der Waals surface area contributed by atoms with Gasteiger partial charge < -0.3 is 10.6 Å². The standard InChI is InChI=1S/C34H72N2/c1-3-5-7-9-11-13-15-17-19-21-24-28-32-36(34-30-26-23-27-31-35)33-29-25-22-20-18-16-14-12-10-8-6-4-2/h3-35H2,1-2H3. The van der Waals surface area contributed by atoms with E-state index < -0.39 is 0 Å². The molecular formula is C34H72N2. The number of unbranched alkanes of at least 4 members (excludes halogenated alkanes) is 25. The first kappa shape index (κ1) is 35.9. The highest BCUT2D eigenvalue weighted by Crippen LogP contribution is 2.14. The van der Waals surface area contributed by atoms with Gasteiger partial charge in [-0.3, -0.25) is 0 Å². The molecule has 0 fully saturated rings. The highest BCUT2D eigenvalue weighted by molar-refractivity contribution is 4.61. The second kappa shape index (κ2) is 32.9. The molecule has 0 bridgehead atoms. The lowest BCUT2D eigenvalue weighted by molar-refractivity contribution is 0.254. The molecule has 0 aromatic rings. The predicted molar refractivity (Wildman–Crippen MR) is 166 cm³/mol. The zero-order chi connectivity index (χ0) is 26.2. The largest absolute Gasteiger partial charge is 0.330 e. The Morgan fingerprint density at radius 2 is 0.528 bits per heavy atom. The van der Waals surface area contributed by atoms with Gasteiger partial charge in [0.15, 0.2) is 0 Å². The Morgan fingerprint density at radius 1 is 0.306 bits per heavy atom. The van der Waals surface area contributed by atoms with Crippen LogP contribution in [0.3, 0.4) is 0 Å².